The second-order valence-corrected chi connectivity index (χ2v) is 7.47. The van der Waals surface area contributed by atoms with Crippen LogP contribution in [0, 0.1) is 19.7 Å². The highest BCUT2D eigenvalue weighted by Gasteiger charge is 2.28. The summed E-state index contributed by atoms with van der Waals surface area (Å²) in [4.78, 5) is 29.0. The van der Waals surface area contributed by atoms with Crippen LogP contribution in [0.15, 0.2) is 18.3 Å². The van der Waals surface area contributed by atoms with Gasteiger partial charge in [-0.05, 0) is 39.3 Å². The van der Waals surface area contributed by atoms with Gasteiger partial charge in [-0.25, -0.2) is 14.4 Å². The number of nitrogens with one attached hydrogen (secondary N) is 1. The van der Waals surface area contributed by atoms with Gasteiger partial charge in [0.05, 0.1) is 5.69 Å². The van der Waals surface area contributed by atoms with Gasteiger partial charge in [-0.3, -0.25) is 9.78 Å². The maximum atomic E-state index is 14.0. The quantitative estimate of drug-likeness (QED) is 0.850. The van der Waals surface area contributed by atoms with Crippen molar-refractivity contribution in [1.29, 1.82) is 0 Å². The van der Waals surface area contributed by atoms with Crippen LogP contribution in [0.4, 0.5) is 10.2 Å². The van der Waals surface area contributed by atoms with E-state index < -0.39 is 0 Å². The average molecular weight is 386 g/mol. The van der Waals surface area contributed by atoms with Crippen LogP contribution in [0.3, 0.4) is 0 Å². The molecule has 0 aliphatic carbocycles. The lowest BCUT2D eigenvalue weighted by Gasteiger charge is -2.23. The van der Waals surface area contributed by atoms with E-state index in [4.69, 9.17) is 0 Å². The Balaban J connectivity index is 1.75. The molecular weight excluding hydrogens is 359 g/mol. The standard InChI is InChI=1S/C20H27FN6O/c1-12-13(2)24-18(20(28)26(4)5)25-19(12)27-10-8-15(11-27)23-14(3)17-16(21)7-6-9-22-17/h6-7,9,14-15,23H,8,10-11H2,1-5H3/t14?,15-/m1/s1. The smallest absolute Gasteiger partial charge is 0.291 e. The molecular formula is C20H27FN6O. The lowest BCUT2D eigenvalue weighted by Crippen LogP contribution is -2.35. The van der Waals surface area contributed by atoms with Crippen molar-refractivity contribution in [3.63, 3.8) is 0 Å². The molecule has 2 aromatic rings. The summed E-state index contributed by atoms with van der Waals surface area (Å²) in [6.07, 6.45) is 2.51. The summed E-state index contributed by atoms with van der Waals surface area (Å²) in [5.74, 6) is 0.492. The minimum absolute atomic E-state index is 0.180. The zero-order valence-corrected chi connectivity index (χ0v) is 17.0. The first kappa shape index (κ1) is 20.1. The maximum absolute atomic E-state index is 14.0. The second kappa shape index (κ2) is 8.18. The highest BCUT2D eigenvalue weighted by atomic mass is 19.1. The van der Waals surface area contributed by atoms with Crippen molar-refractivity contribution in [1.82, 2.24) is 25.2 Å². The largest absolute Gasteiger partial charge is 0.355 e. The number of aromatic nitrogens is 3. The number of hydrogen-bond donors (Lipinski definition) is 1. The van der Waals surface area contributed by atoms with E-state index in [1.165, 1.54) is 11.0 Å². The monoisotopic (exact) mass is 386 g/mol. The van der Waals surface area contributed by atoms with Crippen LogP contribution in [-0.4, -0.2) is 59.0 Å². The third-order valence-corrected chi connectivity index (χ3v) is 5.13. The molecule has 0 bridgehead atoms. The molecule has 1 unspecified atom stereocenters. The Hall–Kier alpha value is -2.61. The molecule has 1 aliphatic heterocycles. The van der Waals surface area contributed by atoms with Gasteiger partial charge >= 0.3 is 0 Å². The number of pyridine rings is 1. The van der Waals surface area contributed by atoms with Crippen molar-refractivity contribution in [3.8, 4) is 0 Å². The molecule has 7 nitrogen and oxygen atoms in total. The van der Waals surface area contributed by atoms with E-state index in [9.17, 15) is 9.18 Å². The predicted molar refractivity (Wildman–Crippen MR) is 106 cm³/mol. The first-order chi connectivity index (χ1) is 13.3. The molecule has 1 saturated heterocycles. The molecule has 3 heterocycles. The van der Waals surface area contributed by atoms with Gasteiger partial charge in [-0.15, -0.1) is 0 Å². The summed E-state index contributed by atoms with van der Waals surface area (Å²) >= 11 is 0. The molecule has 2 atom stereocenters. The SMILES string of the molecule is Cc1nc(C(=O)N(C)C)nc(N2CC[C@@H](NC(C)c3ncccc3F)C2)c1C. The molecule has 0 spiro atoms. The van der Waals surface area contributed by atoms with Gasteiger partial charge in [0.15, 0.2) is 0 Å². The minimum atomic E-state index is -0.300. The number of carbonyl (C=O) groups is 1. The lowest BCUT2D eigenvalue weighted by molar-refractivity contribution is 0.0815. The summed E-state index contributed by atoms with van der Waals surface area (Å²) in [6.45, 7) is 7.32. The van der Waals surface area contributed by atoms with Crippen LogP contribution in [0.25, 0.3) is 0 Å². The Labute approximate surface area is 165 Å². The summed E-state index contributed by atoms with van der Waals surface area (Å²) in [7, 11) is 3.38. The first-order valence-corrected chi connectivity index (χ1v) is 9.46. The lowest BCUT2D eigenvalue weighted by atomic mass is 10.1. The Morgan fingerprint density at radius 2 is 2.11 bits per heavy atom. The number of halogens is 1. The van der Waals surface area contributed by atoms with Crippen LogP contribution in [0.1, 0.15) is 47.0 Å². The Kier molecular flexibility index (Phi) is 5.88. The molecule has 1 fully saturated rings. The van der Waals surface area contributed by atoms with Crippen molar-refractivity contribution < 1.29 is 9.18 Å². The molecule has 8 heteroatoms. The number of rotatable bonds is 5. The van der Waals surface area contributed by atoms with Crippen molar-refractivity contribution in [2.24, 2.45) is 0 Å². The van der Waals surface area contributed by atoms with E-state index in [1.54, 1.807) is 26.4 Å². The van der Waals surface area contributed by atoms with Gasteiger partial charge in [0.25, 0.3) is 5.91 Å². The fourth-order valence-electron chi connectivity index (χ4n) is 3.45. The maximum Gasteiger partial charge on any atom is 0.291 e. The zero-order valence-electron chi connectivity index (χ0n) is 17.0. The van der Waals surface area contributed by atoms with E-state index in [1.807, 2.05) is 20.8 Å². The number of carbonyl (C=O) groups excluding carboxylic acids is 1. The van der Waals surface area contributed by atoms with Gasteiger partial charge in [0, 0.05) is 56.7 Å². The Morgan fingerprint density at radius 3 is 2.79 bits per heavy atom. The van der Waals surface area contributed by atoms with Crippen molar-refractivity contribution in [2.45, 2.75) is 39.3 Å². The molecule has 0 radical (unpaired) electrons. The number of amides is 1. The minimum Gasteiger partial charge on any atom is -0.355 e. The predicted octanol–water partition coefficient (Wildman–Crippen LogP) is 2.26. The van der Waals surface area contributed by atoms with E-state index in [0.717, 1.165) is 36.6 Å². The molecule has 3 rings (SSSR count). The number of hydrogen-bond acceptors (Lipinski definition) is 6. The van der Waals surface area contributed by atoms with Crippen molar-refractivity contribution in [2.75, 3.05) is 32.1 Å². The summed E-state index contributed by atoms with van der Waals surface area (Å²) < 4.78 is 14.0. The normalized spacial score (nSPS) is 17.6. The van der Waals surface area contributed by atoms with Crippen LogP contribution in [0.2, 0.25) is 0 Å². The highest BCUT2D eigenvalue weighted by molar-refractivity contribution is 5.90. The molecule has 1 N–H and O–H groups in total. The number of aryl methyl sites for hydroxylation is 1. The molecule has 1 aliphatic rings. The topological polar surface area (TPSA) is 74.2 Å². The van der Waals surface area contributed by atoms with E-state index >= 15 is 0 Å². The third kappa shape index (κ3) is 4.11. The Morgan fingerprint density at radius 1 is 1.36 bits per heavy atom. The molecule has 28 heavy (non-hydrogen) atoms. The van der Waals surface area contributed by atoms with Crippen molar-refractivity contribution >= 4 is 11.7 Å². The molecule has 0 aromatic carbocycles. The van der Waals surface area contributed by atoms with Crippen molar-refractivity contribution in [3.05, 3.63) is 46.9 Å². The Bertz CT molecular complexity index is 872. The molecule has 0 saturated carbocycles. The van der Waals surface area contributed by atoms with Gasteiger partial charge < -0.3 is 15.1 Å². The third-order valence-electron chi connectivity index (χ3n) is 5.13. The van der Waals surface area contributed by atoms with Crippen LogP contribution in [0.5, 0.6) is 0 Å². The van der Waals surface area contributed by atoms with E-state index in [0.29, 0.717) is 5.69 Å². The van der Waals surface area contributed by atoms with E-state index in [-0.39, 0.29) is 29.6 Å². The fourth-order valence-corrected chi connectivity index (χ4v) is 3.45. The van der Waals surface area contributed by atoms with Gasteiger partial charge in [-0.2, -0.15) is 0 Å². The summed E-state index contributed by atoms with van der Waals surface area (Å²) in [6, 6.07) is 3.01. The first-order valence-electron chi connectivity index (χ1n) is 9.46. The average Bonchev–Trinajstić information content (AvgIpc) is 3.11. The fraction of sp³-hybridized carbons (Fsp3) is 0.500. The zero-order chi connectivity index (χ0) is 20.4. The number of anilines is 1. The van der Waals surface area contributed by atoms with E-state index in [2.05, 4.69) is 25.2 Å². The summed E-state index contributed by atoms with van der Waals surface area (Å²) in [5, 5.41) is 3.46. The van der Waals surface area contributed by atoms with Crippen LogP contribution >= 0.6 is 0 Å². The van der Waals surface area contributed by atoms with Crippen LogP contribution in [-0.2, 0) is 0 Å². The molecule has 1 amide bonds. The summed E-state index contributed by atoms with van der Waals surface area (Å²) in [5.41, 5.74) is 2.20. The number of nitrogens with zero attached hydrogens (tertiary/aromatic N) is 5. The van der Waals surface area contributed by atoms with Crippen LogP contribution < -0.4 is 10.2 Å². The van der Waals surface area contributed by atoms with Gasteiger partial charge in [0.2, 0.25) is 5.82 Å². The van der Waals surface area contributed by atoms with Gasteiger partial charge in [-0.1, -0.05) is 0 Å². The molecule has 2 aromatic heterocycles. The second-order valence-electron chi connectivity index (χ2n) is 7.47. The van der Waals surface area contributed by atoms with Gasteiger partial charge in [0.1, 0.15) is 11.6 Å². The highest BCUT2D eigenvalue weighted by Crippen LogP contribution is 2.25. The molecule has 150 valence electrons.